The summed E-state index contributed by atoms with van der Waals surface area (Å²) in [4.78, 5) is 24.8. The van der Waals surface area contributed by atoms with Crippen molar-refractivity contribution in [2.45, 2.75) is 13.8 Å². The molecule has 0 bridgehead atoms. The molecule has 0 radical (unpaired) electrons. The van der Waals surface area contributed by atoms with Crippen molar-refractivity contribution in [2.75, 3.05) is 0 Å². The zero-order valence-electron chi connectivity index (χ0n) is 15.1. The van der Waals surface area contributed by atoms with Crippen molar-refractivity contribution in [3.63, 3.8) is 0 Å². The first-order valence-corrected chi connectivity index (χ1v) is 16.7. The van der Waals surface area contributed by atoms with Gasteiger partial charge in [-0.2, -0.15) is 0 Å². The summed E-state index contributed by atoms with van der Waals surface area (Å²) in [5.41, 5.74) is 1.90. The molecule has 0 amide bonds. The Balaban J connectivity index is 2.27. The Morgan fingerprint density at radius 3 is 1.48 bits per heavy atom. The van der Waals surface area contributed by atoms with Gasteiger partial charge in [-0.3, -0.25) is 0 Å². The van der Waals surface area contributed by atoms with Gasteiger partial charge in [0.25, 0.3) is 0 Å². The van der Waals surface area contributed by atoms with Crippen LogP contribution in [0.1, 0.15) is 13.8 Å². The van der Waals surface area contributed by atoms with Crippen molar-refractivity contribution >= 4 is 41.4 Å². The van der Waals surface area contributed by atoms with Crippen LogP contribution in [0, 0.1) is 0 Å². The van der Waals surface area contributed by atoms with Crippen LogP contribution in [-0.2, 0) is 15.2 Å². The molecule has 1 aliphatic rings. The number of hydrogen-bond acceptors (Lipinski definition) is 4. The predicted octanol–water partition coefficient (Wildman–Crippen LogP) is 2.21. The minimum atomic E-state index is -5.54. The summed E-state index contributed by atoms with van der Waals surface area (Å²) in [6.07, 6.45) is 0. The van der Waals surface area contributed by atoms with E-state index in [0.29, 0.717) is 0 Å². The maximum atomic E-state index is 12.4. The van der Waals surface area contributed by atoms with E-state index in [-0.39, 0.29) is 0 Å². The molecular formula is C22H19BiO4. The van der Waals surface area contributed by atoms with Gasteiger partial charge in [-0.15, -0.1) is 0 Å². The minimum absolute atomic E-state index is 0.459. The van der Waals surface area contributed by atoms with Crippen LogP contribution in [0.5, 0.6) is 0 Å². The molecule has 0 saturated carbocycles. The molecule has 0 saturated heterocycles. The summed E-state index contributed by atoms with van der Waals surface area (Å²) in [5.74, 6) is -0.918. The summed E-state index contributed by atoms with van der Waals surface area (Å²) in [6.45, 7) is 2.74. The van der Waals surface area contributed by atoms with Gasteiger partial charge in [0, 0.05) is 0 Å². The average Bonchev–Trinajstić information content (AvgIpc) is 2.90. The van der Waals surface area contributed by atoms with Crippen LogP contribution in [0.4, 0.5) is 0 Å². The fourth-order valence-corrected chi connectivity index (χ4v) is 24.0. The van der Waals surface area contributed by atoms with Crippen LogP contribution < -0.4 is 9.81 Å². The Bertz CT molecular complexity index is 993. The third kappa shape index (κ3) is 2.38. The standard InChI is InChI=1S/C12H8.C6H5.2C2H4O2.Bi/c1-3-7-11(8-4-1)12-9-5-2-6-10-12;1-2-4-6-5-3-1;2*1-2(3)4;/h1-7,9H;1-5H;2*1H3,(H,3,4);/q;;;;+2/p-2. The zero-order valence-corrected chi connectivity index (χ0v) is 18.6. The monoisotopic (exact) mass is 556 g/mol. The molecular weight excluding hydrogens is 537 g/mol. The SMILES string of the molecule is CC(=O)[O][Bi]1([O]C(C)=O)([c]2ccccc2)[c]2ccccc2-c2cccc[c]21. The molecule has 3 aromatic carbocycles. The second-order valence-corrected chi connectivity index (χ2v) is 21.1. The molecule has 0 atom stereocenters. The van der Waals surface area contributed by atoms with Gasteiger partial charge >= 0.3 is 160 Å². The van der Waals surface area contributed by atoms with Crippen LogP contribution in [0.25, 0.3) is 11.1 Å². The van der Waals surface area contributed by atoms with Crippen molar-refractivity contribution in [3.05, 3.63) is 78.9 Å². The summed E-state index contributed by atoms with van der Waals surface area (Å²) in [6, 6.07) is 25.0. The molecule has 0 N–H and O–H groups in total. The zero-order chi connectivity index (χ0) is 19.1. The van der Waals surface area contributed by atoms with Gasteiger partial charge in [0.2, 0.25) is 0 Å². The Labute approximate surface area is 160 Å². The average molecular weight is 556 g/mol. The fraction of sp³-hybridized carbons (Fsp3) is 0.0909. The second-order valence-electron chi connectivity index (χ2n) is 6.49. The van der Waals surface area contributed by atoms with Crippen LogP contribution >= 0.6 is 0 Å². The van der Waals surface area contributed by atoms with Gasteiger partial charge in [-0.1, -0.05) is 0 Å². The molecule has 5 heteroatoms. The number of hydrogen-bond donors (Lipinski definition) is 0. The summed E-state index contributed by atoms with van der Waals surface area (Å²) in [5, 5.41) is 0. The molecule has 3 aromatic rings. The van der Waals surface area contributed by atoms with Crippen LogP contribution in [0.3, 0.4) is 0 Å². The van der Waals surface area contributed by atoms with Crippen molar-refractivity contribution < 1.29 is 15.2 Å². The normalized spacial score (nSPS) is 16.9. The van der Waals surface area contributed by atoms with Gasteiger partial charge in [-0.05, 0) is 0 Å². The molecule has 0 unspecified atom stereocenters. The van der Waals surface area contributed by atoms with E-state index >= 15 is 0 Å². The first-order chi connectivity index (χ1) is 13.0. The summed E-state index contributed by atoms with van der Waals surface area (Å²) >= 11 is -5.54. The number of carbonyl (C=O) groups is 2. The van der Waals surface area contributed by atoms with Crippen LogP contribution in [-0.4, -0.2) is 31.6 Å². The molecule has 136 valence electrons. The van der Waals surface area contributed by atoms with Gasteiger partial charge in [0.05, 0.1) is 0 Å². The Kier molecular flexibility index (Phi) is 4.16. The fourth-order valence-electron chi connectivity index (χ4n) is 4.03. The van der Waals surface area contributed by atoms with E-state index in [9.17, 15) is 9.59 Å². The molecule has 1 aliphatic heterocycles. The number of benzene rings is 3. The first-order valence-electron chi connectivity index (χ1n) is 8.67. The van der Waals surface area contributed by atoms with Gasteiger partial charge in [-0.25, -0.2) is 0 Å². The third-order valence-corrected chi connectivity index (χ3v) is 24.2. The van der Waals surface area contributed by atoms with Crippen molar-refractivity contribution in [2.24, 2.45) is 0 Å². The predicted molar refractivity (Wildman–Crippen MR) is 107 cm³/mol. The number of carbonyl (C=O) groups excluding carboxylic acids is 2. The first kappa shape index (κ1) is 17.9. The van der Waals surface area contributed by atoms with Crippen molar-refractivity contribution in [3.8, 4) is 11.1 Å². The van der Waals surface area contributed by atoms with Gasteiger partial charge in [0.1, 0.15) is 0 Å². The van der Waals surface area contributed by atoms with E-state index in [1.807, 2.05) is 78.9 Å². The maximum absolute atomic E-state index is 12.4. The van der Waals surface area contributed by atoms with E-state index in [2.05, 4.69) is 0 Å². The molecule has 1 heterocycles. The van der Waals surface area contributed by atoms with Crippen LogP contribution in [0.2, 0.25) is 0 Å². The molecule has 4 nitrogen and oxygen atoms in total. The molecule has 0 aromatic heterocycles. The molecule has 0 aliphatic carbocycles. The topological polar surface area (TPSA) is 52.6 Å². The van der Waals surface area contributed by atoms with Gasteiger partial charge in [0.15, 0.2) is 0 Å². The summed E-state index contributed by atoms with van der Waals surface area (Å²) < 4.78 is 14.9. The summed E-state index contributed by atoms with van der Waals surface area (Å²) in [7, 11) is 0. The number of fused-ring (bicyclic) bond motifs is 3. The van der Waals surface area contributed by atoms with E-state index in [4.69, 9.17) is 5.63 Å². The van der Waals surface area contributed by atoms with E-state index in [1.54, 1.807) is 0 Å². The van der Waals surface area contributed by atoms with E-state index in [1.165, 1.54) is 13.8 Å². The second kappa shape index (κ2) is 6.28. The molecule has 4 rings (SSSR count). The van der Waals surface area contributed by atoms with E-state index < -0.39 is 31.6 Å². The Hall–Kier alpha value is -2.52. The van der Waals surface area contributed by atoms with Crippen LogP contribution in [0.15, 0.2) is 78.9 Å². The van der Waals surface area contributed by atoms with Gasteiger partial charge < -0.3 is 0 Å². The Morgan fingerprint density at radius 2 is 1.04 bits per heavy atom. The van der Waals surface area contributed by atoms with Crippen molar-refractivity contribution in [1.82, 2.24) is 0 Å². The van der Waals surface area contributed by atoms with E-state index in [0.717, 1.165) is 20.9 Å². The van der Waals surface area contributed by atoms with Crippen molar-refractivity contribution in [1.29, 1.82) is 0 Å². The molecule has 0 spiro atoms. The Morgan fingerprint density at radius 1 is 0.630 bits per heavy atom. The quantitative estimate of drug-likeness (QED) is 0.465. The third-order valence-electron chi connectivity index (χ3n) is 4.80. The molecule has 27 heavy (non-hydrogen) atoms. The number of rotatable bonds is 3. The molecule has 0 fully saturated rings.